The normalized spacial score (nSPS) is 10.4. The zero-order valence-corrected chi connectivity index (χ0v) is 13.2. The van der Waals surface area contributed by atoms with Gasteiger partial charge in [-0.15, -0.1) is 0 Å². The highest BCUT2D eigenvalue weighted by molar-refractivity contribution is 5.86. The Kier molecular flexibility index (Phi) is 5.96. The fraction of sp³-hybridized carbons (Fsp3) is 0.111. The molecule has 0 bridgehead atoms. The summed E-state index contributed by atoms with van der Waals surface area (Å²) >= 11 is 0. The molecule has 0 aliphatic carbocycles. The van der Waals surface area contributed by atoms with Crippen LogP contribution >= 0.6 is 0 Å². The van der Waals surface area contributed by atoms with Gasteiger partial charge in [0, 0.05) is 0 Å². The summed E-state index contributed by atoms with van der Waals surface area (Å²) in [5, 5.41) is 14.8. The summed E-state index contributed by atoms with van der Waals surface area (Å²) in [5.74, 6) is 0.00963. The van der Waals surface area contributed by atoms with Gasteiger partial charge in [-0.1, -0.05) is 24.8 Å². The van der Waals surface area contributed by atoms with Crippen LogP contribution in [-0.4, -0.2) is 25.9 Å². The van der Waals surface area contributed by atoms with Gasteiger partial charge in [-0.25, -0.2) is 0 Å². The molecule has 0 saturated carbocycles. The van der Waals surface area contributed by atoms with Gasteiger partial charge in [-0.05, 0) is 41.5 Å². The number of anilines is 1. The third kappa shape index (κ3) is 4.61. The topological polar surface area (TPSA) is 83.0 Å². The molecule has 6 heteroatoms. The minimum Gasteiger partial charge on any atom is -0.545 e. The minimum absolute atomic E-state index is 0.115. The molecule has 0 aliphatic heterocycles. The van der Waals surface area contributed by atoms with Crippen molar-refractivity contribution in [2.45, 2.75) is 0 Å². The van der Waals surface area contributed by atoms with Crippen LogP contribution in [0.5, 0.6) is 11.5 Å². The lowest BCUT2D eigenvalue weighted by Gasteiger charge is -2.09. The van der Waals surface area contributed by atoms with Crippen molar-refractivity contribution in [1.82, 2.24) is 0 Å². The number of carboxylic acid groups (broad SMARTS) is 1. The third-order valence-corrected chi connectivity index (χ3v) is 3.07. The molecule has 2 aromatic rings. The van der Waals surface area contributed by atoms with Crippen molar-refractivity contribution >= 4 is 17.9 Å². The van der Waals surface area contributed by atoms with E-state index in [9.17, 15) is 9.90 Å². The largest absolute Gasteiger partial charge is 0.545 e. The maximum Gasteiger partial charge on any atom is 0.161 e. The Hall–Kier alpha value is -3.28. The van der Waals surface area contributed by atoms with E-state index in [2.05, 4.69) is 17.1 Å². The van der Waals surface area contributed by atoms with E-state index in [1.165, 1.54) is 12.1 Å². The number of ether oxygens (including phenoxy) is 2. The highest BCUT2D eigenvalue weighted by atomic mass is 16.5. The number of carboxylic acids is 1. The first kappa shape index (κ1) is 17.1. The number of hydrogen-bond donors (Lipinski definition) is 1. The first-order valence-corrected chi connectivity index (χ1v) is 7.16. The Morgan fingerprint density at radius 1 is 1.25 bits per heavy atom. The molecule has 0 fully saturated rings. The zero-order chi connectivity index (χ0) is 17.4. The van der Waals surface area contributed by atoms with Crippen molar-refractivity contribution in [3.8, 4) is 11.5 Å². The first-order chi connectivity index (χ1) is 11.6. The summed E-state index contributed by atoms with van der Waals surface area (Å²) in [7, 11) is 1.56. The summed E-state index contributed by atoms with van der Waals surface area (Å²) in [6.07, 6.45) is 3.27. The van der Waals surface area contributed by atoms with Gasteiger partial charge in [0.1, 0.15) is 6.61 Å². The van der Waals surface area contributed by atoms with E-state index in [4.69, 9.17) is 9.47 Å². The van der Waals surface area contributed by atoms with Gasteiger partial charge < -0.3 is 19.4 Å². The minimum atomic E-state index is -1.21. The molecular weight excluding hydrogens is 308 g/mol. The predicted octanol–water partition coefficient (Wildman–Crippen LogP) is 2.07. The highest BCUT2D eigenvalue weighted by Gasteiger charge is 2.04. The molecule has 0 radical (unpaired) electrons. The molecule has 2 rings (SSSR count). The van der Waals surface area contributed by atoms with Gasteiger partial charge in [-0.2, -0.15) is 5.10 Å². The van der Waals surface area contributed by atoms with Crippen LogP contribution in [0.2, 0.25) is 0 Å². The Balaban J connectivity index is 2.03. The molecule has 2 aromatic carbocycles. The average Bonchev–Trinajstić information content (AvgIpc) is 2.60. The number of benzene rings is 2. The van der Waals surface area contributed by atoms with Crippen LogP contribution in [0.25, 0.3) is 0 Å². The lowest BCUT2D eigenvalue weighted by atomic mass is 10.2. The predicted molar refractivity (Wildman–Crippen MR) is 90.7 cm³/mol. The number of aromatic carboxylic acids is 1. The van der Waals surface area contributed by atoms with Gasteiger partial charge >= 0.3 is 0 Å². The number of carbonyl (C=O) groups excluding carboxylic acids is 1. The van der Waals surface area contributed by atoms with Crippen LogP contribution in [0.15, 0.2) is 60.2 Å². The van der Waals surface area contributed by atoms with E-state index in [-0.39, 0.29) is 5.56 Å². The van der Waals surface area contributed by atoms with E-state index in [1.54, 1.807) is 43.7 Å². The number of nitrogens with one attached hydrogen (secondary N) is 1. The quantitative estimate of drug-likeness (QED) is 0.456. The average molecular weight is 325 g/mol. The smallest absolute Gasteiger partial charge is 0.161 e. The Bertz CT molecular complexity index is 739. The van der Waals surface area contributed by atoms with E-state index >= 15 is 0 Å². The van der Waals surface area contributed by atoms with Crippen molar-refractivity contribution < 1.29 is 19.4 Å². The summed E-state index contributed by atoms with van der Waals surface area (Å²) in [4.78, 5) is 10.7. The van der Waals surface area contributed by atoms with Gasteiger partial charge in [0.15, 0.2) is 11.5 Å². The number of carbonyl (C=O) groups is 1. The van der Waals surface area contributed by atoms with Gasteiger partial charge in [-0.3, -0.25) is 5.43 Å². The molecule has 124 valence electrons. The highest BCUT2D eigenvalue weighted by Crippen LogP contribution is 2.27. The number of rotatable bonds is 8. The second kappa shape index (κ2) is 8.38. The molecule has 1 N–H and O–H groups in total. The maximum absolute atomic E-state index is 10.7. The maximum atomic E-state index is 10.7. The second-order valence-electron chi connectivity index (χ2n) is 4.74. The Labute approximate surface area is 140 Å². The molecule has 0 heterocycles. The summed E-state index contributed by atoms with van der Waals surface area (Å²) in [6.45, 7) is 4.00. The lowest BCUT2D eigenvalue weighted by Crippen LogP contribution is -2.21. The number of nitrogens with zero attached hydrogens (tertiary/aromatic N) is 1. The molecule has 0 unspecified atom stereocenters. The molecule has 0 spiro atoms. The van der Waals surface area contributed by atoms with Crippen molar-refractivity contribution in [2.75, 3.05) is 19.1 Å². The summed E-state index contributed by atoms with van der Waals surface area (Å²) < 4.78 is 10.8. The number of methoxy groups -OCH3 is 1. The van der Waals surface area contributed by atoms with Gasteiger partial charge in [0.05, 0.1) is 25.0 Å². The lowest BCUT2D eigenvalue weighted by molar-refractivity contribution is -0.255. The number of hydrogen-bond acceptors (Lipinski definition) is 6. The van der Waals surface area contributed by atoms with Crippen molar-refractivity contribution in [3.05, 3.63) is 66.2 Å². The van der Waals surface area contributed by atoms with Crippen LogP contribution in [0, 0.1) is 0 Å². The van der Waals surface area contributed by atoms with Crippen LogP contribution in [-0.2, 0) is 0 Å². The van der Waals surface area contributed by atoms with Crippen molar-refractivity contribution in [2.24, 2.45) is 5.10 Å². The molecule has 0 atom stereocenters. The Morgan fingerprint density at radius 2 is 2.00 bits per heavy atom. The standard InChI is InChI=1S/C18H18N2O4/c1-3-10-24-16-9-4-13(11-17(16)23-2)12-19-20-15-7-5-14(6-8-15)18(21)22/h3-9,11-12,20H,1,10H2,2H3,(H,21,22)/p-1/b19-12-. The summed E-state index contributed by atoms with van der Waals surface area (Å²) in [6, 6.07) is 11.5. The van der Waals surface area contributed by atoms with Crippen LogP contribution in [0.1, 0.15) is 15.9 Å². The summed E-state index contributed by atoms with van der Waals surface area (Å²) in [5.41, 5.74) is 4.41. The SMILES string of the molecule is C=CCOc1ccc(/C=N\Nc2ccc(C(=O)[O-])cc2)cc1OC. The van der Waals surface area contributed by atoms with E-state index < -0.39 is 5.97 Å². The Morgan fingerprint density at radius 3 is 2.62 bits per heavy atom. The van der Waals surface area contributed by atoms with Crippen molar-refractivity contribution in [1.29, 1.82) is 0 Å². The molecular formula is C18H17N2O4-. The van der Waals surface area contributed by atoms with Crippen LogP contribution < -0.4 is 20.0 Å². The molecule has 6 nitrogen and oxygen atoms in total. The molecule has 0 saturated heterocycles. The third-order valence-electron chi connectivity index (χ3n) is 3.07. The van der Waals surface area contributed by atoms with E-state index in [1.807, 2.05) is 6.07 Å². The van der Waals surface area contributed by atoms with Crippen LogP contribution in [0.4, 0.5) is 5.69 Å². The zero-order valence-electron chi connectivity index (χ0n) is 13.2. The fourth-order valence-electron chi connectivity index (χ4n) is 1.89. The second-order valence-corrected chi connectivity index (χ2v) is 4.74. The van der Waals surface area contributed by atoms with Gasteiger partial charge in [0.2, 0.25) is 0 Å². The monoisotopic (exact) mass is 325 g/mol. The number of hydrazone groups is 1. The molecule has 0 aromatic heterocycles. The molecule has 0 aliphatic rings. The van der Waals surface area contributed by atoms with Gasteiger partial charge in [0.25, 0.3) is 0 Å². The fourth-order valence-corrected chi connectivity index (χ4v) is 1.89. The van der Waals surface area contributed by atoms with Crippen molar-refractivity contribution in [3.63, 3.8) is 0 Å². The van der Waals surface area contributed by atoms with E-state index in [0.29, 0.717) is 23.8 Å². The first-order valence-electron chi connectivity index (χ1n) is 7.16. The molecule has 24 heavy (non-hydrogen) atoms. The van der Waals surface area contributed by atoms with Crippen LogP contribution in [0.3, 0.4) is 0 Å². The molecule has 0 amide bonds. The van der Waals surface area contributed by atoms with E-state index in [0.717, 1.165) is 5.56 Å².